The van der Waals surface area contributed by atoms with Gasteiger partial charge in [-0.3, -0.25) is 4.79 Å². The Morgan fingerprint density at radius 1 is 1.43 bits per heavy atom. The Hall–Kier alpha value is -1.15. The molecular weight excluding hydrogens is 314 g/mol. The first-order valence-corrected chi connectivity index (χ1v) is 8.00. The van der Waals surface area contributed by atoms with Crippen molar-refractivity contribution in [2.45, 2.75) is 24.8 Å². The van der Waals surface area contributed by atoms with Crippen molar-refractivity contribution in [1.82, 2.24) is 10.2 Å². The standard InChI is InChI=1S/C13H19N3O3S.ClH/c1-9-7-11(3-4-12(9)20(14,18)19)13(17)16-6-5-15-8-10(16)2;/h3-4,7,10,15H,5-6,8H2,1-2H3,(H2,14,18,19);1H. The Bertz CT molecular complexity index is 634. The largest absolute Gasteiger partial charge is 0.333 e. The minimum absolute atomic E-state index is 0. The fourth-order valence-electron chi connectivity index (χ4n) is 2.41. The molecule has 8 heteroatoms. The monoisotopic (exact) mass is 333 g/mol. The van der Waals surface area contributed by atoms with Crippen LogP contribution in [-0.4, -0.2) is 44.9 Å². The van der Waals surface area contributed by atoms with Gasteiger partial charge in [0.2, 0.25) is 10.0 Å². The van der Waals surface area contributed by atoms with Crippen LogP contribution in [0.15, 0.2) is 23.1 Å². The third-order valence-electron chi connectivity index (χ3n) is 3.49. The van der Waals surface area contributed by atoms with E-state index in [0.29, 0.717) is 17.7 Å². The molecule has 0 radical (unpaired) electrons. The van der Waals surface area contributed by atoms with Crippen LogP contribution in [0.1, 0.15) is 22.8 Å². The first-order chi connectivity index (χ1) is 9.30. The molecule has 1 heterocycles. The summed E-state index contributed by atoms with van der Waals surface area (Å²) in [6, 6.07) is 4.61. The molecule has 1 amide bonds. The van der Waals surface area contributed by atoms with Gasteiger partial charge in [0.05, 0.1) is 4.90 Å². The Labute approximate surface area is 131 Å². The van der Waals surface area contributed by atoms with Crippen molar-refractivity contribution in [2.24, 2.45) is 5.14 Å². The topological polar surface area (TPSA) is 92.5 Å². The molecule has 6 nitrogen and oxygen atoms in total. The predicted molar refractivity (Wildman–Crippen MR) is 83.2 cm³/mol. The zero-order valence-electron chi connectivity index (χ0n) is 12.0. The number of rotatable bonds is 2. The Morgan fingerprint density at radius 2 is 2.10 bits per heavy atom. The van der Waals surface area contributed by atoms with Crippen molar-refractivity contribution in [3.63, 3.8) is 0 Å². The van der Waals surface area contributed by atoms with Crippen LogP contribution in [0.3, 0.4) is 0 Å². The van der Waals surface area contributed by atoms with E-state index in [-0.39, 0.29) is 29.3 Å². The maximum atomic E-state index is 12.4. The third-order valence-corrected chi connectivity index (χ3v) is 4.56. The second-order valence-electron chi connectivity index (χ2n) is 5.08. The molecule has 1 aliphatic rings. The first kappa shape index (κ1) is 17.9. The second-order valence-corrected chi connectivity index (χ2v) is 6.61. The fraction of sp³-hybridized carbons (Fsp3) is 0.462. The van der Waals surface area contributed by atoms with Crippen molar-refractivity contribution in [1.29, 1.82) is 0 Å². The summed E-state index contributed by atoms with van der Waals surface area (Å²) in [7, 11) is -3.75. The van der Waals surface area contributed by atoms with E-state index >= 15 is 0 Å². The summed E-state index contributed by atoms with van der Waals surface area (Å²) in [5, 5.41) is 8.34. The van der Waals surface area contributed by atoms with Crippen LogP contribution in [0.25, 0.3) is 0 Å². The van der Waals surface area contributed by atoms with E-state index in [2.05, 4.69) is 5.32 Å². The van der Waals surface area contributed by atoms with Crippen LogP contribution in [-0.2, 0) is 10.0 Å². The summed E-state index contributed by atoms with van der Waals surface area (Å²) >= 11 is 0. The van der Waals surface area contributed by atoms with Gasteiger partial charge < -0.3 is 10.2 Å². The van der Waals surface area contributed by atoms with Gasteiger partial charge in [-0.2, -0.15) is 0 Å². The lowest BCUT2D eigenvalue weighted by Crippen LogP contribution is -2.52. The third kappa shape index (κ3) is 3.94. The fourth-order valence-corrected chi connectivity index (χ4v) is 3.18. The Morgan fingerprint density at radius 3 is 2.62 bits per heavy atom. The number of sulfonamides is 1. The molecule has 1 aliphatic heterocycles. The van der Waals surface area contributed by atoms with Crippen LogP contribution in [0.5, 0.6) is 0 Å². The smallest absolute Gasteiger partial charge is 0.254 e. The van der Waals surface area contributed by atoms with Crippen molar-refractivity contribution < 1.29 is 13.2 Å². The zero-order valence-corrected chi connectivity index (χ0v) is 13.6. The molecule has 0 aromatic heterocycles. The summed E-state index contributed by atoms with van der Waals surface area (Å²) < 4.78 is 22.7. The number of aryl methyl sites for hydroxylation is 1. The number of hydrogen-bond donors (Lipinski definition) is 2. The molecule has 1 aromatic carbocycles. The number of primary sulfonamides is 1. The van der Waals surface area contributed by atoms with Crippen molar-refractivity contribution in [3.8, 4) is 0 Å². The average molecular weight is 334 g/mol. The van der Waals surface area contributed by atoms with Crippen molar-refractivity contribution >= 4 is 28.3 Å². The zero-order chi connectivity index (χ0) is 14.9. The molecule has 1 unspecified atom stereocenters. The number of amides is 1. The van der Waals surface area contributed by atoms with Gasteiger partial charge in [-0.25, -0.2) is 13.6 Å². The van der Waals surface area contributed by atoms with Crippen molar-refractivity contribution in [3.05, 3.63) is 29.3 Å². The van der Waals surface area contributed by atoms with E-state index < -0.39 is 10.0 Å². The van der Waals surface area contributed by atoms with E-state index in [1.165, 1.54) is 12.1 Å². The maximum Gasteiger partial charge on any atom is 0.254 e. The molecule has 0 saturated carbocycles. The molecule has 21 heavy (non-hydrogen) atoms. The molecule has 3 N–H and O–H groups in total. The van der Waals surface area contributed by atoms with E-state index in [9.17, 15) is 13.2 Å². The van der Waals surface area contributed by atoms with Crippen LogP contribution < -0.4 is 10.5 Å². The number of benzene rings is 1. The molecule has 1 atom stereocenters. The summed E-state index contributed by atoms with van der Waals surface area (Å²) in [4.78, 5) is 14.3. The molecule has 118 valence electrons. The number of nitrogens with one attached hydrogen (secondary N) is 1. The van der Waals surface area contributed by atoms with Gasteiger partial charge in [-0.15, -0.1) is 12.4 Å². The van der Waals surface area contributed by atoms with Crippen LogP contribution in [0.4, 0.5) is 0 Å². The van der Waals surface area contributed by atoms with Crippen LogP contribution in [0, 0.1) is 6.92 Å². The van der Waals surface area contributed by atoms with Gasteiger partial charge in [0.25, 0.3) is 5.91 Å². The molecule has 0 aliphatic carbocycles. The SMILES string of the molecule is Cc1cc(C(=O)N2CCNCC2C)ccc1S(N)(=O)=O.Cl. The van der Waals surface area contributed by atoms with E-state index in [1.807, 2.05) is 6.92 Å². The number of halogens is 1. The lowest BCUT2D eigenvalue weighted by Gasteiger charge is -2.34. The molecule has 0 spiro atoms. The van der Waals surface area contributed by atoms with Gasteiger partial charge >= 0.3 is 0 Å². The summed E-state index contributed by atoms with van der Waals surface area (Å²) in [6.45, 7) is 5.80. The lowest BCUT2D eigenvalue weighted by molar-refractivity contribution is 0.0655. The summed E-state index contributed by atoms with van der Waals surface area (Å²) in [5.41, 5.74) is 0.977. The Kier molecular flexibility index (Phi) is 5.75. The minimum atomic E-state index is -3.75. The van der Waals surface area contributed by atoms with Gasteiger partial charge in [0, 0.05) is 31.2 Å². The molecule has 1 saturated heterocycles. The van der Waals surface area contributed by atoms with Crippen LogP contribution in [0.2, 0.25) is 0 Å². The first-order valence-electron chi connectivity index (χ1n) is 6.46. The number of carbonyl (C=O) groups excluding carboxylic acids is 1. The highest BCUT2D eigenvalue weighted by Crippen LogP contribution is 2.17. The number of nitrogens with two attached hydrogens (primary N) is 1. The summed E-state index contributed by atoms with van der Waals surface area (Å²) in [6.07, 6.45) is 0. The van der Waals surface area contributed by atoms with Gasteiger partial charge in [-0.05, 0) is 37.6 Å². The number of nitrogens with zero attached hydrogens (tertiary/aromatic N) is 1. The molecule has 1 fully saturated rings. The minimum Gasteiger partial charge on any atom is -0.333 e. The van der Waals surface area contributed by atoms with Crippen LogP contribution >= 0.6 is 12.4 Å². The highest BCUT2D eigenvalue weighted by Gasteiger charge is 2.24. The van der Waals surface area contributed by atoms with Gasteiger partial charge in [0.1, 0.15) is 0 Å². The lowest BCUT2D eigenvalue weighted by atomic mass is 10.1. The average Bonchev–Trinajstić information content (AvgIpc) is 2.37. The second kappa shape index (κ2) is 6.74. The molecule has 2 rings (SSSR count). The van der Waals surface area contributed by atoms with Gasteiger partial charge in [-0.1, -0.05) is 0 Å². The molecule has 1 aromatic rings. The predicted octanol–water partition coefficient (Wildman–Crippen LogP) is 0.498. The van der Waals surface area contributed by atoms with Gasteiger partial charge in [0.15, 0.2) is 0 Å². The quantitative estimate of drug-likeness (QED) is 0.824. The number of hydrogen-bond acceptors (Lipinski definition) is 4. The molecular formula is C13H20ClN3O3S. The van der Waals surface area contributed by atoms with Crippen molar-refractivity contribution in [2.75, 3.05) is 19.6 Å². The van der Waals surface area contributed by atoms with E-state index in [1.54, 1.807) is 17.9 Å². The normalized spacial score (nSPS) is 19.0. The highest BCUT2D eigenvalue weighted by atomic mass is 35.5. The summed E-state index contributed by atoms with van der Waals surface area (Å²) in [5.74, 6) is -0.0805. The molecule has 0 bridgehead atoms. The Balaban J connectivity index is 0.00000220. The van der Waals surface area contributed by atoms with E-state index in [4.69, 9.17) is 5.14 Å². The maximum absolute atomic E-state index is 12.4. The van der Waals surface area contributed by atoms with E-state index in [0.717, 1.165) is 13.1 Å². The number of piperazine rings is 1. The number of carbonyl (C=O) groups is 1. The highest BCUT2D eigenvalue weighted by molar-refractivity contribution is 7.89.